The van der Waals surface area contributed by atoms with Crippen LogP contribution in [0.15, 0.2) is 18.2 Å². The fourth-order valence-corrected chi connectivity index (χ4v) is 1.81. The van der Waals surface area contributed by atoms with Crippen molar-refractivity contribution in [1.82, 2.24) is 10.2 Å². The van der Waals surface area contributed by atoms with Crippen LogP contribution in [-0.2, 0) is 13.1 Å². The molecule has 0 saturated carbocycles. The Labute approximate surface area is 97.5 Å². The maximum absolute atomic E-state index is 13.6. The van der Waals surface area contributed by atoms with Crippen molar-refractivity contribution in [2.24, 2.45) is 0 Å². The van der Waals surface area contributed by atoms with Gasteiger partial charge in [-0.05, 0) is 38.7 Å². The standard InChI is InChI=1S/C13H21FN2/c1-4-7-16(3)10-12-8-11(9-15-2)5-6-13(12)14/h5-6,8,15H,4,7,9-10H2,1-3H3. The van der Waals surface area contributed by atoms with Crippen molar-refractivity contribution in [3.05, 3.63) is 35.1 Å². The highest BCUT2D eigenvalue weighted by Crippen LogP contribution is 2.12. The zero-order chi connectivity index (χ0) is 12.0. The van der Waals surface area contributed by atoms with E-state index in [-0.39, 0.29) is 5.82 Å². The van der Waals surface area contributed by atoms with Crippen LogP contribution in [0.4, 0.5) is 4.39 Å². The Hall–Kier alpha value is -0.930. The summed E-state index contributed by atoms with van der Waals surface area (Å²) < 4.78 is 13.6. The quantitative estimate of drug-likeness (QED) is 0.798. The van der Waals surface area contributed by atoms with Gasteiger partial charge in [0.1, 0.15) is 5.82 Å². The zero-order valence-corrected chi connectivity index (χ0v) is 10.4. The third kappa shape index (κ3) is 3.91. The van der Waals surface area contributed by atoms with Crippen molar-refractivity contribution in [1.29, 1.82) is 0 Å². The number of nitrogens with zero attached hydrogens (tertiary/aromatic N) is 1. The lowest BCUT2D eigenvalue weighted by atomic mass is 10.1. The monoisotopic (exact) mass is 224 g/mol. The van der Waals surface area contributed by atoms with Crippen LogP contribution in [0.1, 0.15) is 24.5 Å². The molecule has 0 spiro atoms. The highest BCUT2D eigenvalue weighted by Gasteiger charge is 2.06. The Morgan fingerprint density at radius 3 is 2.75 bits per heavy atom. The van der Waals surface area contributed by atoms with E-state index in [1.54, 1.807) is 6.07 Å². The van der Waals surface area contributed by atoms with Gasteiger partial charge in [-0.2, -0.15) is 0 Å². The molecule has 0 radical (unpaired) electrons. The topological polar surface area (TPSA) is 15.3 Å². The van der Waals surface area contributed by atoms with Crippen LogP contribution < -0.4 is 5.32 Å². The second-order valence-corrected chi connectivity index (χ2v) is 4.19. The van der Waals surface area contributed by atoms with Crippen LogP contribution in [0.5, 0.6) is 0 Å². The van der Waals surface area contributed by atoms with E-state index in [0.717, 1.165) is 30.6 Å². The minimum Gasteiger partial charge on any atom is -0.316 e. The van der Waals surface area contributed by atoms with Gasteiger partial charge < -0.3 is 10.2 Å². The highest BCUT2D eigenvalue weighted by molar-refractivity contribution is 5.25. The van der Waals surface area contributed by atoms with E-state index < -0.39 is 0 Å². The summed E-state index contributed by atoms with van der Waals surface area (Å²) >= 11 is 0. The molecule has 0 bridgehead atoms. The number of benzene rings is 1. The van der Waals surface area contributed by atoms with Gasteiger partial charge in [0.25, 0.3) is 0 Å². The third-order valence-electron chi connectivity index (χ3n) is 2.54. The summed E-state index contributed by atoms with van der Waals surface area (Å²) in [5.74, 6) is -0.109. The number of rotatable bonds is 6. The summed E-state index contributed by atoms with van der Waals surface area (Å²) in [6, 6.07) is 5.33. The summed E-state index contributed by atoms with van der Waals surface area (Å²) in [5, 5.41) is 3.07. The van der Waals surface area contributed by atoms with Crippen LogP contribution >= 0.6 is 0 Å². The minimum absolute atomic E-state index is 0.109. The Morgan fingerprint density at radius 1 is 1.38 bits per heavy atom. The second kappa shape index (κ2) is 6.61. The lowest BCUT2D eigenvalue weighted by Gasteiger charge is -2.16. The number of halogens is 1. The Morgan fingerprint density at radius 2 is 2.12 bits per heavy atom. The predicted octanol–water partition coefficient (Wildman–Crippen LogP) is 2.39. The summed E-state index contributed by atoms with van der Waals surface area (Å²) in [6.45, 7) is 4.59. The zero-order valence-electron chi connectivity index (χ0n) is 10.4. The van der Waals surface area contributed by atoms with Crippen molar-refractivity contribution in [2.45, 2.75) is 26.4 Å². The Kier molecular flexibility index (Phi) is 5.43. The van der Waals surface area contributed by atoms with E-state index in [1.807, 2.05) is 26.2 Å². The van der Waals surface area contributed by atoms with E-state index in [1.165, 1.54) is 0 Å². The van der Waals surface area contributed by atoms with Crippen molar-refractivity contribution < 1.29 is 4.39 Å². The van der Waals surface area contributed by atoms with Gasteiger partial charge in [0.15, 0.2) is 0 Å². The van der Waals surface area contributed by atoms with Gasteiger partial charge >= 0.3 is 0 Å². The molecule has 0 aliphatic carbocycles. The number of hydrogen-bond acceptors (Lipinski definition) is 2. The first-order chi connectivity index (χ1) is 7.67. The molecule has 3 heteroatoms. The van der Waals surface area contributed by atoms with E-state index in [4.69, 9.17) is 0 Å². The van der Waals surface area contributed by atoms with Crippen LogP contribution in [-0.4, -0.2) is 25.5 Å². The first-order valence-electron chi connectivity index (χ1n) is 5.77. The SMILES string of the molecule is CCCN(C)Cc1cc(CNC)ccc1F. The van der Waals surface area contributed by atoms with Gasteiger partial charge in [0, 0.05) is 18.7 Å². The molecule has 0 aliphatic rings. The predicted molar refractivity (Wildman–Crippen MR) is 65.8 cm³/mol. The first-order valence-corrected chi connectivity index (χ1v) is 5.77. The normalized spacial score (nSPS) is 11.1. The minimum atomic E-state index is -0.109. The van der Waals surface area contributed by atoms with Crippen molar-refractivity contribution in [3.8, 4) is 0 Å². The molecule has 0 atom stereocenters. The number of nitrogens with one attached hydrogen (secondary N) is 1. The molecule has 1 N–H and O–H groups in total. The molecular weight excluding hydrogens is 203 g/mol. The molecule has 90 valence electrons. The molecule has 1 rings (SSSR count). The molecule has 0 heterocycles. The molecule has 2 nitrogen and oxygen atoms in total. The molecular formula is C13H21FN2. The second-order valence-electron chi connectivity index (χ2n) is 4.19. The van der Waals surface area contributed by atoms with E-state index in [9.17, 15) is 4.39 Å². The average Bonchev–Trinajstić information content (AvgIpc) is 2.24. The van der Waals surface area contributed by atoms with E-state index in [2.05, 4.69) is 17.1 Å². The van der Waals surface area contributed by atoms with Gasteiger partial charge in [0.05, 0.1) is 0 Å². The lowest BCUT2D eigenvalue weighted by Crippen LogP contribution is -2.19. The molecule has 0 aliphatic heterocycles. The fraction of sp³-hybridized carbons (Fsp3) is 0.538. The maximum atomic E-state index is 13.6. The van der Waals surface area contributed by atoms with Crippen molar-refractivity contribution in [3.63, 3.8) is 0 Å². The van der Waals surface area contributed by atoms with Crippen LogP contribution in [0.3, 0.4) is 0 Å². The molecule has 1 aromatic carbocycles. The summed E-state index contributed by atoms with van der Waals surface area (Å²) in [7, 11) is 3.92. The van der Waals surface area contributed by atoms with Crippen LogP contribution in [0.25, 0.3) is 0 Å². The van der Waals surface area contributed by atoms with E-state index >= 15 is 0 Å². The molecule has 0 fully saturated rings. The van der Waals surface area contributed by atoms with Crippen molar-refractivity contribution >= 4 is 0 Å². The van der Waals surface area contributed by atoms with Gasteiger partial charge in [-0.25, -0.2) is 4.39 Å². The number of hydrogen-bond donors (Lipinski definition) is 1. The summed E-state index contributed by atoms with van der Waals surface area (Å²) in [4.78, 5) is 2.14. The lowest BCUT2D eigenvalue weighted by molar-refractivity contribution is 0.322. The highest BCUT2D eigenvalue weighted by atomic mass is 19.1. The van der Waals surface area contributed by atoms with Gasteiger partial charge in [-0.3, -0.25) is 0 Å². The van der Waals surface area contributed by atoms with E-state index in [0.29, 0.717) is 6.54 Å². The smallest absolute Gasteiger partial charge is 0.127 e. The fourth-order valence-electron chi connectivity index (χ4n) is 1.81. The Balaban J connectivity index is 2.73. The molecule has 0 amide bonds. The third-order valence-corrected chi connectivity index (χ3v) is 2.54. The first kappa shape index (κ1) is 13.1. The Bertz CT molecular complexity index is 326. The van der Waals surface area contributed by atoms with Gasteiger partial charge in [0.2, 0.25) is 0 Å². The molecule has 0 saturated heterocycles. The van der Waals surface area contributed by atoms with Gasteiger partial charge in [-0.15, -0.1) is 0 Å². The van der Waals surface area contributed by atoms with Crippen LogP contribution in [0, 0.1) is 5.82 Å². The molecule has 0 aromatic heterocycles. The molecule has 0 unspecified atom stereocenters. The largest absolute Gasteiger partial charge is 0.316 e. The summed E-state index contributed by atoms with van der Waals surface area (Å²) in [6.07, 6.45) is 1.09. The molecule has 1 aromatic rings. The average molecular weight is 224 g/mol. The maximum Gasteiger partial charge on any atom is 0.127 e. The van der Waals surface area contributed by atoms with Gasteiger partial charge in [-0.1, -0.05) is 19.1 Å². The van der Waals surface area contributed by atoms with Crippen molar-refractivity contribution in [2.75, 3.05) is 20.6 Å². The summed E-state index contributed by atoms with van der Waals surface area (Å²) in [5.41, 5.74) is 1.91. The van der Waals surface area contributed by atoms with Crippen LogP contribution in [0.2, 0.25) is 0 Å². The molecule has 16 heavy (non-hydrogen) atoms.